The van der Waals surface area contributed by atoms with Gasteiger partial charge in [-0.3, -0.25) is 0 Å². The molecule has 5 nitrogen and oxygen atoms in total. The lowest BCUT2D eigenvalue weighted by molar-refractivity contribution is 0.183. The molecule has 21 heavy (non-hydrogen) atoms. The highest BCUT2D eigenvalue weighted by atomic mass is 16.5. The van der Waals surface area contributed by atoms with Crippen LogP contribution < -0.4 is 5.73 Å². The summed E-state index contributed by atoms with van der Waals surface area (Å²) < 4.78 is 5.42. The van der Waals surface area contributed by atoms with Gasteiger partial charge in [0.25, 0.3) is 0 Å². The Hall–Kier alpha value is -1.88. The van der Waals surface area contributed by atoms with Crippen molar-refractivity contribution in [1.29, 1.82) is 0 Å². The van der Waals surface area contributed by atoms with Crippen LogP contribution in [0.3, 0.4) is 0 Å². The van der Waals surface area contributed by atoms with Crippen molar-refractivity contribution in [1.82, 2.24) is 10.1 Å². The Morgan fingerprint density at radius 2 is 2.14 bits per heavy atom. The molecular formula is C16H21N3O2. The van der Waals surface area contributed by atoms with E-state index in [1.165, 1.54) is 6.42 Å². The Kier molecular flexibility index (Phi) is 3.68. The lowest BCUT2D eigenvalue weighted by Gasteiger charge is -2.33. The van der Waals surface area contributed by atoms with Gasteiger partial charge in [-0.2, -0.15) is 4.98 Å². The summed E-state index contributed by atoms with van der Waals surface area (Å²) in [6.07, 6.45) is 4.70. The van der Waals surface area contributed by atoms with E-state index in [1.807, 2.05) is 12.1 Å². The van der Waals surface area contributed by atoms with E-state index in [4.69, 9.17) is 10.3 Å². The predicted octanol–water partition coefficient (Wildman–Crippen LogP) is 2.73. The van der Waals surface area contributed by atoms with E-state index in [2.05, 4.69) is 17.1 Å². The zero-order valence-electron chi connectivity index (χ0n) is 12.2. The Balaban J connectivity index is 1.75. The van der Waals surface area contributed by atoms with Crippen molar-refractivity contribution in [2.75, 3.05) is 0 Å². The topological polar surface area (TPSA) is 85.2 Å². The third-order valence-electron chi connectivity index (χ3n) is 4.23. The molecule has 1 aromatic carbocycles. The molecule has 1 saturated carbocycles. The largest absolute Gasteiger partial charge is 0.508 e. The first-order chi connectivity index (χ1) is 10.0. The Labute approximate surface area is 124 Å². The van der Waals surface area contributed by atoms with Gasteiger partial charge >= 0.3 is 0 Å². The van der Waals surface area contributed by atoms with Crippen LogP contribution in [0.4, 0.5) is 0 Å². The molecule has 0 aliphatic heterocycles. The third kappa shape index (κ3) is 3.08. The fourth-order valence-corrected chi connectivity index (χ4v) is 3.11. The van der Waals surface area contributed by atoms with E-state index in [0.29, 0.717) is 24.1 Å². The fourth-order valence-electron chi connectivity index (χ4n) is 3.11. The van der Waals surface area contributed by atoms with Crippen LogP contribution >= 0.6 is 0 Å². The van der Waals surface area contributed by atoms with Gasteiger partial charge in [-0.05, 0) is 36.5 Å². The van der Waals surface area contributed by atoms with Gasteiger partial charge < -0.3 is 15.4 Å². The summed E-state index contributed by atoms with van der Waals surface area (Å²) in [5, 5.41) is 13.3. The minimum atomic E-state index is -0.474. The quantitative estimate of drug-likeness (QED) is 0.906. The summed E-state index contributed by atoms with van der Waals surface area (Å²) in [4.78, 5) is 4.49. The number of hydrogen-bond acceptors (Lipinski definition) is 5. The molecule has 2 aromatic rings. The normalized spacial score (nSPS) is 25.9. The van der Waals surface area contributed by atoms with Gasteiger partial charge in [0.1, 0.15) is 5.75 Å². The Morgan fingerprint density at radius 3 is 2.86 bits per heavy atom. The summed E-state index contributed by atoms with van der Waals surface area (Å²) in [6, 6.07) is 7.02. The molecule has 1 heterocycles. The second-order valence-electron chi connectivity index (χ2n) is 6.22. The van der Waals surface area contributed by atoms with Gasteiger partial charge in [0, 0.05) is 6.42 Å². The molecule has 3 rings (SSSR count). The van der Waals surface area contributed by atoms with Crippen molar-refractivity contribution in [2.24, 2.45) is 11.7 Å². The molecule has 0 spiro atoms. The van der Waals surface area contributed by atoms with E-state index in [-0.39, 0.29) is 5.75 Å². The number of nitrogens with zero attached hydrogens (tertiary/aromatic N) is 2. The van der Waals surface area contributed by atoms with Crippen LogP contribution in [0.5, 0.6) is 5.75 Å². The second-order valence-corrected chi connectivity index (χ2v) is 6.22. The first-order valence-corrected chi connectivity index (χ1v) is 7.45. The van der Waals surface area contributed by atoms with Crippen molar-refractivity contribution in [3.05, 3.63) is 41.5 Å². The van der Waals surface area contributed by atoms with Crippen molar-refractivity contribution in [2.45, 2.75) is 44.6 Å². The van der Waals surface area contributed by atoms with Gasteiger partial charge in [0.2, 0.25) is 5.89 Å². The molecule has 0 radical (unpaired) electrons. The smallest absolute Gasteiger partial charge is 0.246 e. The molecule has 112 valence electrons. The predicted molar refractivity (Wildman–Crippen MR) is 78.7 cm³/mol. The fraction of sp³-hybridized carbons (Fsp3) is 0.500. The van der Waals surface area contributed by atoms with E-state index >= 15 is 0 Å². The Morgan fingerprint density at radius 1 is 1.38 bits per heavy atom. The average molecular weight is 287 g/mol. The minimum Gasteiger partial charge on any atom is -0.508 e. The third-order valence-corrected chi connectivity index (χ3v) is 4.23. The summed E-state index contributed by atoms with van der Waals surface area (Å²) >= 11 is 0. The Bertz CT molecular complexity index is 608. The molecule has 0 saturated heterocycles. The summed E-state index contributed by atoms with van der Waals surface area (Å²) in [5.74, 6) is 2.04. The van der Waals surface area contributed by atoms with Crippen LogP contribution in [0.1, 0.15) is 49.9 Å². The lowest BCUT2D eigenvalue weighted by atomic mass is 9.77. The monoisotopic (exact) mass is 287 g/mol. The second kappa shape index (κ2) is 5.48. The van der Waals surface area contributed by atoms with Crippen LogP contribution in [-0.4, -0.2) is 15.2 Å². The number of rotatable bonds is 3. The molecule has 2 unspecified atom stereocenters. The maximum absolute atomic E-state index is 9.29. The molecule has 1 aliphatic carbocycles. The number of aromatic hydroxyl groups is 1. The van der Waals surface area contributed by atoms with E-state index in [9.17, 15) is 5.11 Å². The number of nitrogens with two attached hydrogens (primary N) is 1. The van der Waals surface area contributed by atoms with Gasteiger partial charge in [-0.1, -0.05) is 37.1 Å². The molecule has 1 fully saturated rings. The molecule has 5 heteroatoms. The van der Waals surface area contributed by atoms with Crippen LogP contribution in [0, 0.1) is 5.92 Å². The molecule has 0 amide bonds. The minimum absolute atomic E-state index is 0.254. The standard InChI is InChI=1S/C16H21N3O2/c1-11-3-2-8-16(17,10-11)15-18-14(19-21-15)9-12-4-6-13(20)7-5-12/h4-7,11,20H,2-3,8-10,17H2,1H3. The lowest BCUT2D eigenvalue weighted by Crippen LogP contribution is -2.41. The SMILES string of the molecule is CC1CCCC(N)(c2nc(Cc3ccc(O)cc3)no2)C1. The maximum Gasteiger partial charge on any atom is 0.246 e. The molecule has 1 aromatic heterocycles. The molecule has 0 bridgehead atoms. The molecule has 1 aliphatic rings. The number of hydrogen-bond donors (Lipinski definition) is 2. The average Bonchev–Trinajstić information content (AvgIpc) is 2.90. The van der Waals surface area contributed by atoms with Crippen molar-refractivity contribution < 1.29 is 9.63 Å². The zero-order chi connectivity index (χ0) is 14.9. The highest BCUT2D eigenvalue weighted by molar-refractivity contribution is 5.27. The highest BCUT2D eigenvalue weighted by Crippen LogP contribution is 2.37. The van der Waals surface area contributed by atoms with Crippen LogP contribution in [0.2, 0.25) is 0 Å². The zero-order valence-corrected chi connectivity index (χ0v) is 12.2. The number of benzene rings is 1. The van der Waals surface area contributed by atoms with Gasteiger partial charge in [-0.15, -0.1) is 0 Å². The van der Waals surface area contributed by atoms with E-state index < -0.39 is 5.54 Å². The van der Waals surface area contributed by atoms with Crippen molar-refractivity contribution >= 4 is 0 Å². The van der Waals surface area contributed by atoms with Gasteiger partial charge in [0.05, 0.1) is 5.54 Å². The molecular weight excluding hydrogens is 266 g/mol. The van der Waals surface area contributed by atoms with Gasteiger partial charge in [0.15, 0.2) is 5.82 Å². The first-order valence-electron chi connectivity index (χ1n) is 7.45. The van der Waals surface area contributed by atoms with Crippen LogP contribution in [0.25, 0.3) is 0 Å². The number of phenolic OH excluding ortho intramolecular Hbond substituents is 1. The number of aromatic nitrogens is 2. The van der Waals surface area contributed by atoms with Crippen LogP contribution in [-0.2, 0) is 12.0 Å². The van der Waals surface area contributed by atoms with E-state index in [0.717, 1.165) is 24.8 Å². The summed E-state index contributed by atoms with van der Waals surface area (Å²) in [6.45, 7) is 2.22. The molecule has 2 atom stereocenters. The highest BCUT2D eigenvalue weighted by Gasteiger charge is 2.37. The summed E-state index contributed by atoms with van der Waals surface area (Å²) in [5.41, 5.74) is 7.02. The van der Waals surface area contributed by atoms with Crippen molar-refractivity contribution in [3.8, 4) is 5.75 Å². The van der Waals surface area contributed by atoms with E-state index in [1.54, 1.807) is 12.1 Å². The number of phenols is 1. The van der Waals surface area contributed by atoms with Crippen LogP contribution in [0.15, 0.2) is 28.8 Å². The maximum atomic E-state index is 9.29. The van der Waals surface area contributed by atoms with Gasteiger partial charge in [-0.25, -0.2) is 0 Å². The van der Waals surface area contributed by atoms with Crippen molar-refractivity contribution in [3.63, 3.8) is 0 Å². The summed E-state index contributed by atoms with van der Waals surface area (Å²) in [7, 11) is 0. The first kappa shape index (κ1) is 14.1. The molecule has 3 N–H and O–H groups in total.